The molecule has 0 spiro atoms. The maximum atomic E-state index is 12.4. The van der Waals surface area contributed by atoms with E-state index in [2.05, 4.69) is 208 Å². The van der Waals surface area contributed by atoms with Gasteiger partial charge in [-0.3, -0.25) is 9.59 Å². The van der Waals surface area contributed by atoms with Crippen molar-refractivity contribution in [2.45, 2.75) is 277 Å². The molecule has 1 N–H and O–H groups in total. The van der Waals surface area contributed by atoms with Crippen LogP contribution in [0.25, 0.3) is 0 Å². The van der Waals surface area contributed by atoms with Crippen molar-refractivity contribution in [2.24, 2.45) is 0 Å². The molecule has 5 nitrogen and oxygen atoms in total. The fraction of sp³-hybridized carbons (Fsp3) is 0.570. The topological polar surface area (TPSA) is 72.8 Å². The molecule has 5 heteroatoms. The molecule has 0 aromatic carbocycles. The summed E-state index contributed by atoms with van der Waals surface area (Å²) in [6, 6.07) is 0. The largest absolute Gasteiger partial charge is 0.462 e. The van der Waals surface area contributed by atoms with Gasteiger partial charge in [-0.25, -0.2) is 0 Å². The van der Waals surface area contributed by atoms with Crippen molar-refractivity contribution in [1.29, 1.82) is 0 Å². The number of carbonyl (C=O) groups is 2. The first kappa shape index (κ1) is 78.7. The van der Waals surface area contributed by atoms with Gasteiger partial charge in [0.25, 0.3) is 0 Å². The summed E-state index contributed by atoms with van der Waals surface area (Å²) >= 11 is 0. The maximum Gasteiger partial charge on any atom is 0.306 e. The average Bonchev–Trinajstić information content (AvgIpc) is 3.51. The Morgan fingerprint density at radius 2 is 0.476 bits per heavy atom. The van der Waals surface area contributed by atoms with Crippen molar-refractivity contribution in [3.05, 3.63) is 194 Å². The first-order chi connectivity index (χ1) is 41.6. The van der Waals surface area contributed by atoms with Gasteiger partial charge in [-0.2, -0.15) is 0 Å². The van der Waals surface area contributed by atoms with Crippen LogP contribution >= 0.6 is 0 Å². The van der Waals surface area contributed by atoms with Gasteiger partial charge in [-0.1, -0.05) is 311 Å². The zero-order chi connectivity index (χ0) is 60.5. The second-order valence-electron chi connectivity index (χ2n) is 21.8. The lowest BCUT2D eigenvalue weighted by molar-refractivity contribution is -0.161. The van der Waals surface area contributed by atoms with Gasteiger partial charge in [-0.05, 0) is 141 Å². The van der Waals surface area contributed by atoms with E-state index < -0.39 is 6.10 Å². The number of aliphatic hydroxyl groups excluding tert-OH is 1. The van der Waals surface area contributed by atoms with Crippen LogP contribution in [0.2, 0.25) is 0 Å². The van der Waals surface area contributed by atoms with Gasteiger partial charge in [-0.15, -0.1) is 0 Å². The fourth-order valence-electron chi connectivity index (χ4n) is 8.88. The number of allylic oxidation sites excluding steroid dienone is 32. The van der Waals surface area contributed by atoms with Crippen LogP contribution in [-0.2, 0) is 19.1 Å². The lowest BCUT2D eigenvalue weighted by Crippen LogP contribution is -2.28. The van der Waals surface area contributed by atoms with Crippen LogP contribution in [0, 0.1) is 0 Å². The highest BCUT2D eigenvalue weighted by Gasteiger charge is 2.16. The lowest BCUT2D eigenvalue weighted by atomic mass is 10.0. The Kier molecular flexibility index (Phi) is 67.5. The number of hydrogen-bond donors (Lipinski definition) is 1. The van der Waals surface area contributed by atoms with Crippen LogP contribution in [0.5, 0.6) is 0 Å². The van der Waals surface area contributed by atoms with Gasteiger partial charge in [0.2, 0.25) is 0 Å². The van der Waals surface area contributed by atoms with Gasteiger partial charge >= 0.3 is 11.9 Å². The van der Waals surface area contributed by atoms with Gasteiger partial charge in [0.05, 0.1) is 6.61 Å². The molecule has 1 atom stereocenters. The third-order valence-corrected chi connectivity index (χ3v) is 13.9. The molecular formula is C79H124O5. The van der Waals surface area contributed by atoms with E-state index in [1.165, 1.54) is 83.5 Å². The Morgan fingerprint density at radius 1 is 0.274 bits per heavy atom. The van der Waals surface area contributed by atoms with Gasteiger partial charge in [0.15, 0.2) is 6.10 Å². The van der Waals surface area contributed by atoms with E-state index in [0.29, 0.717) is 12.8 Å². The molecule has 0 radical (unpaired) electrons. The molecule has 470 valence electrons. The van der Waals surface area contributed by atoms with E-state index in [1.807, 2.05) is 0 Å². The number of esters is 2. The number of aliphatic hydroxyl groups is 1. The summed E-state index contributed by atoms with van der Waals surface area (Å²) in [5, 5.41) is 9.70. The normalized spacial score (nSPS) is 13.5. The Morgan fingerprint density at radius 3 is 0.714 bits per heavy atom. The molecular weight excluding hydrogens is 1030 g/mol. The smallest absolute Gasteiger partial charge is 0.306 e. The number of unbranched alkanes of at least 4 members (excludes halogenated alkanes) is 20. The van der Waals surface area contributed by atoms with Gasteiger partial charge in [0.1, 0.15) is 6.61 Å². The number of rotatable bonds is 60. The average molecular weight is 1150 g/mol. The predicted octanol–water partition coefficient (Wildman–Crippen LogP) is 24.0. The highest BCUT2D eigenvalue weighted by molar-refractivity contribution is 5.70. The SMILES string of the molecule is CC/C=C\C/C=C\C/C=C\C/C=C\C/C=C\C/C=C\C/C=C\C/C=C\C/C=C\C/C=C\C/C=C\CCCCCCCC(=O)OC(CO)COC(=O)CCCCCCCCCCCCCCCCC/C=C\C/C=C\C/C=C\C/C=C\C/C=C\CC. The van der Waals surface area contributed by atoms with Crippen molar-refractivity contribution < 1.29 is 24.2 Å². The second kappa shape index (κ2) is 72.0. The standard InChI is InChI=1S/C79H124O5/c1-3-5-7-9-11-13-15-17-19-21-23-25-27-29-31-33-35-36-37-38-39-40-41-42-44-46-48-50-52-54-56-58-60-62-64-66-68-70-72-74-79(82)84-77(75-80)76-83-78(81)73-71-69-67-65-63-61-59-57-55-53-51-49-47-45-43-34-32-30-28-26-24-22-20-18-16-14-12-10-8-6-4-2/h5-8,11-14,17-20,23-26,29-32,35-36,38-39,41-42,46,48,52,54,58,60,77,80H,3-4,9-10,15-16,21-22,27-28,33-34,37,40,43-45,47,49-51,53,55-57,59,61-76H2,1-2H3/b7-5-,8-6-,13-11-,14-12-,19-17-,20-18-,25-23-,26-24-,31-29-,32-30-,36-35-,39-38-,42-41-,48-46-,54-52-,60-58-. The number of hydrogen-bond acceptors (Lipinski definition) is 5. The van der Waals surface area contributed by atoms with Gasteiger partial charge < -0.3 is 14.6 Å². The summed E-state index contributed by atoms with van der Waals surface area (Å²) in [6.07, 6.45) is 114. The summed E-state index contributed by atoms with van der Waals surface area (Å²) < 4.78 is 10.7. The molecule has 1 unspecified atom stereocenters. The second-order valence-corrected chi connectivity index (χ2v) is 21.8. The van der Waals surface area contributed by atoms with Crippen molar-refractivity contribution in [3.8, 4) is 0 Å². The zero-order valence-electron chi connectivity index (χ0n) is 53.8. The van der Waals surface area contributed by atoms with E-state index >= 15 is 0 Å². The highest BCUT2D eigenvalue weighted by Crippen LogP contribution is 2.15. The zero-order valence-corrected chi connectivity index (χ0v) is 53.8. The van der Waals surface area contributed by atoms with Crippen LogP contribution in [0.1, 0.15) is 271 Å². The number of carbonyl (C=O) groups excluding carboxylic acids is 2. The molecule has 0 aliphatic rings. The third-order valence-electron chi connectivity index (χ3n) is 13.9. The summed E-state index contributed by atoms with van der Waals surface area (Å²) in [5.41, 5.74) is 0. The van der Waals surface area contributed by atoms with Gasteiger partial charge in [0, 0.05) is 12.8 Å². The van der Waals surface area contributed by atoms with Crippen molar-refractivity contribution in [1.82, 2.24) is 0 Å². The molecule has 0 bridgehead atoms. The summed E-state index contributed by atoms with van der Waals surface area (Å²) in [7, 11) is 0. The van der Waals surface area contributed by atoms with E-state index in [4.69, 9.17) is 9.47 Å². The monoisotopic (exact) mass is 1150 g/mol. The van der Waals surface area contributed by atoms with Crippen LogP contribution < -0.4 is 0 Å². The summed E-state index contributed by atoms with van der Waals surface area (Å²) in [6.45, 7) is 3.90. The van der Waals surface area contributed by atoms with Crippen LogP contribution in [0.4, 0.5) is 0 Å². The molecule has 0 aromatic rings. The first-order valence-electron chi connectivity index (χ1n) is 34.0. The van der Waals surface area contributed by atoms with E-state index in [9.17, 15) is 14.7 Å². The molecule has 0 heterocycles. The van der Waals surface area contributed by atoms with Crippen molar-refractivity contribution in [3.63, 3.8) is 0 Å². The van der Waals surface area contributed by atoms with E-state index in [-0.39, 0.29) is 25.2 Å². The first-order valence-corrected chi connectivity index (χ1v) is 34.0. The predicted molar refractivity (Wildman–Crippen MR) is 370 cm³/mol. The Labute approximate surface area is 518 Å². The quantitative estimate of drug-likeness (QED) is 0.0373. The van der Waals surface area contributed by atoms with Crippen molar-refractivity contribution in [2.75, 3.05) is 13.2 Å². The third kappa shape index (κ3) is 69.2. The summed E-state index contributed by atoms with van der Waals surface area (Å²) in [5.74, 6) is -0.621. The lowest BCUT2D eigenvalue weighted by Gasteiger charge is -2.15. The molecule has 0 aliphatic carbocycles. The van der Waals surface area contributed by atoms with Crippen molar-refractivity contribution >= 4 is 11.9 Å². The molecule has 0 aromatic heterocycles. The summed E-state index contributed by atoms with van der Waals surface area (Å²) in [4.78, 5) is 24.6. The maximum absolute atomic E-state index is 12.4. The minimum absolute atomic E-state index is 0.0849. The van der Waals surface area contributed by atoms with E-state index in [0.717, 1.165) is 161 Å². The molecule has 0 saturated heterocycles. The minimum Gasteiger partial charge on any atom is -0.462 e. The molecule has 0 saturated carbocycles. The van der Waals surface area contributed by atoms with Crippen LogP contribution in [-0.4, -0.2) is 36.4 Å². The molecule has 0 rings (SSSR count). The van der Waals surface area contributed by atoms with Crippen LogP contribution in [0.3, 0.4) is 0 Å². The minimum atomic E-state index is -0.798. The fourth-order valence-corrected chi connectivity index (χ4v) is 8.88. The Hall–Kier alpha value is -5.26. The molecule has 0 fully saturated rings. The molecule has 0 amide bonds. The molecule has 84 heavy (non-hydrogen) atoms. The Balaban J connectivity index is 3.61. The van der Waals surface area contributed by atoms with E-state index in [1.54, 1.807) is 0 Å². The van der Waals surface area contributed by atoms with Crippen LogP contribution in [0.15, 0.2) is 194 Å². The highest BCUT2D eigenvalue weighted by atomic mass is 16.6. The Bertz CT molecular complexity index is 1930. The molecule has 0 aliphatic heterocycles. The number of ether oxygens (including phenoxy) is 2.